The third kappa shape index (κ3) is 3.16. The Kier molecular flexibility index (Phi) is 4.66. The van der Waals surface area contributed by atoms with Gasteiger partial charge in [-0.25, -0.2) is 0 Å². The number of hydrogen-bond donors (Lipinski definition) is 0. The van der Waals surface area contributed by atoms with Gasteiger partial charge in [0.1, 0.15) is 11.5 Å². The molecule has 1 fully saturated rings. The molecular weight excluding hydrogens is 366 g/mol. The molecule has 2 aromatic rings. The van der Waals surface area contributed by atoms with Crippen LogP contribution in [0.15, 0.2) is 52.8 Å². The zero-order chi connectivity index (χ0) is 19.7. The molecule has 0 unspecified atom stereocenters. The molecule has 0 atom stereocenters. The van der Waals surface area contributed by atoms with Crippen LogP contribution in [-0.2, 0) is 20.9 Å². The highest BCUT2D eigenvalue weighted by Gasteiger charge is 2.42. The number of furan rings is 1. The largest absolute Gasteiger partial charge is 0.467 e. The topological polar surface area (TPSA) is 106 Å². The fourth-order valence-electron chi connectivity index (χ4n) is 3.36. The summed E-state index contributed by atoms with van der Waals surface area (Å²) >= 11 is 0. The van der Waals surface area contributed by atoms with Crippen LogP contribution in [0.3, 0.4) is 0 Å². The molecule has 2 aliphatic heterocycles. The Bertz CT molecular complexity index is 943. The molecule has 1 saturated heterocycles. The highest BCUT2D eigenvalue weighted by molar-refractivity contribution is 6.35. The van der Waals surface area contributed by atoms with Crippen molar-refractivity contribution in [2.24, 2.45) is 0 Å². The number of nitro groups is 1. The van der Waals surface area contributed by atoms with E-state index < -0.39 is 16.7 Å². The third-order valence-corrected chi connectivity index (χ3v) is 4.73. The minimum atomic E-state index is -0.508. The molecular formula is C19H17N3O6. The molecule has 9 nitrogen and oxygen atoms in total. The van der Waals surface area contributed by atoms with Crippen molar-refractivity contribution in [3.05, 3.63) is 69.8 Å². The van der Waals surface area contributed by atoms with E-state index in [9.17, 15) is 19.7 Å². The van der Waals surface area contributed by atoms with Crippen LogP contribution in [0.25, 0.3) is 5.57 Å². The van der Waals surface area contributed by atoms with Gasteiger partial charge < -0.3 is 14.1 Å². The smallest absolute Gasteiger partial charge is 0.278 e. The van der Waals surface area contributed by atoms with Crippen LogP contribution in [0.4, 0.5) is 5.69 Å². The Morgan fingerprint density at radius 3 is 2.36 bits per heavy atom. The van der Waals surface area contributed by atoms with Gasteiger partial charge in [0, 0.05) is 25.2 Å². The summed E-state index contributed by atoms with van der Waals surface area (Å²) in [6, 6.07) is 9.02. The molecule has 0 bridgehead atoms. The monoisotopic (exact) mass is 383 g/mol. The lowest BCUT2D eigenvalue weighted by Gasteiger charge is -2.29. The molecule has 0 saturated carbocycles. The summed E-state index contributed by atoms with van der Waals surface area (Å²) in [6.07, 6.45) is 1.48. The zero-order valence-corrected chi connectivity index (χ0v) is 14.9. The van der Waals surface area contributed by atoms with E-state index in [0.29, 0.717) is 43.3 Å². The molecule has 0 N–H and O–H groups in total. The zero-order valence-electron chi connectivity index (χ0n) is 14.9. The van der Waals surface area contributed by atoms with Crippen LogP contribution in [0.1, 0.15) is 11.3 Å². The maximum absolute atomic E-state index is 13.1. The van der Waals surface area contributed by atoms with Crippen LogP contribution < -0.4 is 0 Å². The number of nitrogens with zero attached hydrogens (tertiary/aromatic N) is 3. The molecule has 0 aliphatic carbocycles. The number of morpholine rings is 1. The van der Waals surface area contributed by atoms with Gasteiger partial charge in [0.2, 0.25) is 0 Å². The first-order valence-corrected chi connectivity index (χ1v) is 8.76. The Labute approximate surface area is 159 Å². The summed E-state index contributed by atoms with van der Waals surface area (Å²) in [4.78, 5) is 39.6. The second-order valence-electron chi connectivity index (χ2n) is 6.40. The lowest BCUT2D eigenvalue weighted by Crippen LogP contribution is -2.40. The van der Waals surface area contributed by atoms with Gasteiger partial charge in [-0.15, -0.1) is 0 Å². The second-order valence-corrected chi connectivity index (χ2v) is 6.40. The molecule has 0 radical (unpaired) electrons. The maximum Gasteiger partial charge on any atom is 0.278 e. The summed E-state index contributed by atoms with van der Waals surface area (Å²) in [5.41, 5.74) is 0.927. The molecule has 1 aromatic carbocycles. The van der Waals surface area contributed by atoms with Crippen molar-refractivity contribution in [1.82, 2.24) is 9.80 Å². The minimum Gasteiger partial charge on any atom is -0.467 e. The predicted molar refractivity (Wildman–Crippen MR) is 96.7 cm³/mol. The highest BCUT2D eigenvalue weighted by atomic mass is 16.6. The van der Waals surface area contributed by atoms with Crippen molar-refractivity contribution in [1.29, 1.82) is 0 Å². The SMILES string of the molecule is O=C1C(c2ccc([N+](=O)[O-])cc2)=C(N2CCOCC2)C(=O)N1Cc1ccco1. The Hall–Kier alpha value is -3.46. The van der Waals surface area contributed by atoms with Gasteiger partial charge >= 0.3 is 0 Å². The van der Waals surface area contributed by atoms with Gasteiger partial charge in [-0.3, -0.25) is 24.6 Å². The van der Waals surface area contributed by atoms with Crippen LogP contribution in [0, 0.1) is 10.1 Å². The number of ether oxygens (including phenoxy) is 1. The van der Waals surface area contributed by atoms with Gasteiger partial charge in [0.25, 0.3) is 17.5 Å². The van der Waals surface area contributed by atoms with Crippen molar-refractivity contribution < 1.29 is 23.7 Å². The molecule has 2 amide bonds. The van der Waals surface area contributed by atoms with Crippen molar-refractivity contribution in [3.63, 3.8) is 0 Å². The molecule has 2 aliphatic rings. The molecule has 1 aromatic heterocycles. The first-order chi connectivity index (χ1) is 13.6. The first kappa shape index (κ1) is 17.9. The van der Waals surface area contributed by atoms with Gasteiger partial charge in [-0.1, -0.05) is 0 Å². The van der Waals surface area contributed by atoms with E-state index in [1.807, 2.05) is 4.90 Å². The van der Waals surface area contributed by atoms with Crippen molar-refractivity contribution in [2.45, 2.75) is 6.54 Å². The minimum absolute atomic E-state index is 0.0228. The summed E-state index contributed by atoms with van der Waals surface area (Å²) in [5, 5.41) is 10.9. The number of carbonyl (C=O) groups excluding carboxylic acids is 2. The number of carbonyl (C=O) groups is 2. The Morgan fingerprint density at radius 2 is 1.75 bits per heavy atom. The van der Waals surface area contributed by atoms with Crippen LogP contribution in [0.2, 0.25) is 0 Å². The van der Waals surface area contributed by atoms with Crippen LogP contribution >= 0.6 is 0 Å². The van der Waals surface area contributed by atoms with E-state index >= 15 is 0 Å². The van der Waals surface area contributed by atoms with E-state index in [0.717, 1.165) is 4.90 Å². The van der Waals surface area contributed by atoms with Gasteiger partial charge in [-0.2, -0.15) is 0 Å². The van der Waals surface area contributed by atoms with Gasteiger partial charge in [-0.05, 0) is 29.8 Å². The average Bonchev–Trinajstić information content (AvgIpc) is 3.31. The van der Waals surface area contributed by atoms with Crippen molar-refractivity contribution >= 4 is 23.1 Å². The van der Waals surface area contributed by atoms with E-state index in [1.54, 1.807) is 12.1 Å². The predicted octanol–water partition coefficient (Wildman–Crippen LogP) is 1.80. The summed E-state index contributed by atoms with van der Waals surface area (Å²) < 4.78 is 10.6. The number of imide groups is 1. The maximum atomic E-state index is 13.1. The number of amides is 2. The second kappa shape index (κ2) is 7.28. The molecule has 0 spiro atoms. The fourth-order valence-corrected chi connectivity index (χ4v) is 3.36. The fraction of sp³-hybridized carbons (Fsp3) is 0.263. The molecule has 3 heterocycles. The molecule has 9 heteroatoms. The Morgan fingerprint density at radius 1 is 1.04 bits per heavy atom. The lowest BCUT2D eigenvalue weighted by atomic mass is 10.0. The number of rotatable bonds is 5. The lowest BCUT2D eigenvalue weighted by molar-refractivity contribution is -0.384. The summed E-state index contributed by atoms with van der Waals surface area (Å²) in [5.74, 6) is -0.360. The first-order valence-electron chi connectivity index (χ1n) is 8.76. The van der Waals surface area contributed by atoms with Crippen LogP contribution in [0.5, 0.6) is 0 Å². The highest BCUT2D eigenvalue weighted by Crippen LogP contribution is 2.33. The van der Waals surface area contributed by atoms with E-state index in [2.05, 4.69) is 0 Å². The van der Waals surface area contributed by atoms with Crippen molar-refractivity contribution in [2.75, 3.05) is 26.3 Å². The Balaban J connectivity index is 1.74. The number of benzene rings is 1. The summed E-state index contributed by atoms with van der Waals surface area (Å²) in [6.45, 7) is 1.90. The van der Waals surface area contributed by atoms with E-state index in [1.165, 1.54) is 30.5 Å². The quantitative estimate of drug-likeness (QED) is 0.440. The number of hydrogen-bond acceptors (Lipinski definition) is 7. The van der Waals surface area contributed by atoms with E-state index in [4.69, 9.17) is 9.15 Å². The molecule has 144 valence electrons. The normalized spacial score (nSPS) is 17.6. The van der Waals surface area contributed by atoms with Gasteiger partial charge in [0.15, 0.2) is 0 Å². The van der Waals surface area contributed by atoms with Gasteiger partial charge in [0.05, 0.1) is 36.5 Å². The standard InChI is InChI=1S/C19H17N3O6/c23-18-16(13-3-5-14(6-4-13)22(25)26)17(20-7-10-27-11-8-20)19(24)21(18)12-15-2-1-9-28-15/h1-6,9H,7-8,10-12H2. The number of nitro benzene ring substituents is 1. The summed E-state index contributed by atoms with van der Waals surface area (Å²) in [7, 11) is 0. The third-order valence-electron chi connectivity index (χ3n) is 4.73. The number of non-ortho nitro benzene ring substituents is 1. The molecule has 4 rings (SSSR count). The van der Waals surface area contributed by atoms with Crippen molar-refractivity contribution in [3.8, 4) is 0 Å². The van der Waals surface area contributed by atoms with E-state index in [-0.39, 0.29) is 17.8 Å². The van der Waals surface area contributed by atoms with Crippen LogP contribution in [-0.4, -0.2) is 52.8 Å². The molecule has 28 heavy (non-hydrogen) atoms. The average molecular weight is 383 g/mol.